The lowest BCUT2D eigenvalue weighted by Crippen LogP contribution is -2.12. The highest BCUT2D eigenvalue weighted by atomic mass is 127. The van der Waals surface area contributed by atoms with Crippen LogP contribution in [-0.4, -0.2) is 29.0 Å². The minimum atomic E-state index is -0.387. The van der Waals surface area contributed by atoms with E-state index in [1.807, 2.05) is 49.3 Å². The second kappa shape index (κ2) is 7.65. The molecule has 0 aliphatic carbocycles. The Kier molecular flexibility index (Phi) is 5.31. The fraction of sp³-hybridized carbons (Fsp3) is 0.111. The number of hydrogen-bond donors (Lipinski definition) is 1. The number of hydrogen-bond acceptors (Lipinski definition) is 6. The van der Waals surface area contributed by atoms with E-state index in [0.717, 1.165) is 20.4 Å². The molecule has 3 rings (SSSR count). The largest absolute Gasteiger partial charge is 0.350 e. The van der Waals surface area contributed by atoms with E-state index in [9.17, 15) is 10.1 Å². The number of rotatable bonds is 5. The second-order valence-corrected chi connectivity index (χ2v) is 7.04. The van der Waals surface area contributed by atoms with E-state index in [1.54, 1.807) is 24.5 Å². The summed E-state index contributed by atoms with van der Waals surface area (Å²) in [5.74, 6) is 0.637. The monoisotopic (exact) mass is 461 g/mol. The van der Waals surface area contributed by atoms with Gasteiger partial charge in [-0.3, -0.25) is 10.1 Å². The lowest BCUT2D eigenvalue weighted by atomic mass is 10.1. The van der Waals surface area contributed by atoms with Crippen molar-refractivity contribution in [2.45, 2.75) is 0 Å². The van der Waals surface area contributed by atoms with Crippen LogP contribution in [0.5, 0.6) is 0 Å². The first-order valence-corrected chi connectivity index (χ1v) is 8.82. The fourth-order valence-corrected chi connectivity index (χ4v) is 2.87. The van der Waals surface area contributed by atoms with E-state index in [-0.39, 0.29) is 10.6 Å². The second-order valence-electron chi connectivity index (χ2n) is 5.79. The molecule has 0 bridgehead atoms. The molecule has 0 saturated carbocycles. The van der Waals surface area contributed by atoms with Gasteiger partial charge in [-0.15, -0.1) is 0 Å². The molecule has 0 radical (unpaired) electrons. The molecule has 132 valence electrons. The van der Waals surface area contributed by atoms with Crippen LogP contribution in [0.2, 0.25) is 0 Å². The quantitative estimate of drug-likeness (QED) is 0.343. The number of anilines is 3. The Morgan fingerprint density at radius 3 is 2.46 bits per heavy atom. The van der Waals surface area contributed by atoms with Crippen molar-refractivity contribution < 1.29 is 4.92 Å². The van der Waals surface area contributed by atoms with E-state index in [4.69, 9.17) is 0 Å². The Morgan fingerprint density at radius 1 is 1.08 bits per heavy atom. The standard InChI is InChI=1S/C18H16IN5O2/c1-23(2)18-20-10-13(11-21-18)12-4-3-5-15(8-12)22-16-7-6-14(19)9-17(16)24(25)26/h3-11,22H,1-2H3. The molecule has 0 aliphatic rings. The van der Waals surface area contributed by atoms with Gasteiger partial charge in [-0.1, -0.05) is 12.1 Å². The van der Waals surface area contributed by atoms with Crippen LogP contribution in [-0.2, 0) is 0 Å². The topological polar surface area (TPSA) is 84.2 Å². The van der Waals surface area contributed by atoms with E-state index in [1.165, 1.54) is 0 Å². The molecule has 2 aromatic carbocycles. The summed E-state index contributed by atoms with van der Waals surface area (Å²) in [5.41, 5.74) is 3.04. The Hall–Kier alpha value is -2.75. The lowest BCUT2D eigenvalue weighted by Gasteiger charge is -2.11. The van der Waals surface area contributed by atoms with Gasteiger partial charge in [0, 0.05) is 47.4 Å². The smallest absolute Gasteiger partial charge is 0.293 e. The number of aromatic nitrogens is 2. The minimum absolute atomic E-state index is 0.0426. The van der Waals surface area contributed by atoms with Crippen LogP contribution in [0.4, 0.5) is 23.0 Å². The van der Waals surface area contributed by atoms with E-state index < -0.39 is 0 Å². The van der Waals surface area contributed by atoms with Gasteiger partial charge >= 0.3 is 0 Å². The molecule has 0 saturated heterocycles. The van der Waals surface area contributed by atoms with Gasteiger partial charge in [-0.2, -0.15) is 0 Å². The average Bonchev–Trinajstić information content (AvgIpc) is 2.63. The zero-order chi connectivity index (χ0) is 18.7. The average molecular weight is 461 g/mol. The van der Waals surface area contributed by atoms with Gasteiger partial charge in [0.25, 0.3) is 5.69 Å². The molecule has 3 aromatic rings. The maximum Gasteiger partial charge on any atom is 0.293 e. The van der Waals surface area contributed by atoms with Crippen LogP contribution in [0.3, 0.4) is 0 Å². The minimum Gasteiger partial charge on any atom is -0.350 e. The lowest BCUT2D eigenvalue weighted by molar-refractivity contribution is -0.384. The predicted octanol–water partition coefficient (Wildman–Crippen LogP) is 4.47. The maximum absolute atomic E-state index is 11.3. The molecule has 0 unspecified atom stereocenters. The Labute approximate surface area is 164 Å². The van der Waals surface area contributed by atoms with Crippen molar-refractivity contribution in [1.82, 2.24) is 9.97 Å². The number of halogens is 1. The Bertz CT molecular complexity index is 945. The molecule has 0 amide bonds. The summed E-state index contributed by atoms with van der Waals surface area (Å²) in [4.78, 5) is 21.4. The van der Waals surface area contributed by atoms with Crippen molar-refractivity contribution in [3.05, 3.63) is 68.5 Å². The molecule has 0 aliphatic heterocycles. The van der Waals surface area contributed by atoms with Gasteiger partial charge in [-0.25, -0.2) is 9.97 Å². The highest BCUT2D eigenvalue weighted by Crippen LogP contribution is 2.30. The number of nitrogens with one attached hydrogen (secondary N) is 1. The third-order valence-electron chi connectivity index (χ3n) is 3.67. The molecule has 7 nitrogen and oxygen atoms in total. The zero-order valence-electron chi connectivity index (χ0n) is 14.2. The van der Waals surface area contributed by atoms with E-state index in [2.05, 4.69) is 37.9 Å². The van der Waals surface area contributed by atoms with Crippen molar-refractivity contribution in [3.63, 3.8) is 0 Å². The molecule has 0 atom stereocenters. The molecule has 0 fully saturated rings. The fourth-order valence-electron chi connectivity index (χ4n) is 2.39. The highest BCUT2D eigenvalue weighted by Gasteiger charge is 2.14. The molecule has 1 N–H and O–H groups in total. The van der Waals surface area contributed by atoms with Gasteiger partial charge in [0.05, 0.1) is 4.92 Å². The first-order chi connectivity index (χ1) is 12.4. The van der Waals surface area contributed by atoms with Crippen molar-refractivity contribution in [2.75, 3.05) is 24.3 Å². The number of nitrogens with zero attached hydrogens (tertiary/aromatic N) is 4. The molecular weight excluding hydrogens is 445 g/mol. The van der Waals surface area contributed by atoms with Crippen LogP contribution < -0.4 is 10.2 Å². The highest BCUT2D eigenvalue weighted by molar-refractivity contribution is 14.1. The normalized spacial score (nSPS) is 10.4. The van der Waals surface area contributed by atoms with Gasteiger partial charge in [0.1, 0.15) is 5.69 Å². The van der Waals surface area contributed by atoms with Gasteiger partial charge < -0.3 is 10.2 Å². The van der Waals surface area contributed by atoms with Gasteiger partial charge in [0.2, 0.25) is 5.95 Å². The molecule has 1 heterocycles. The van der Waals surface area contributed by atoms with Crippen LogP contribution in [0.25, 0.3) is 11.1 Å². The molecule has 1 aromatic heterocycles. The summed E-state index contributed by atoms with van der Waals surface area (Å²) in [6.07, 6.45) is 3.52. The number of nitro benzene ring substituents is 1. The van der Waals surface area contributed by atoms with Crippen molar-refractivity contribution in [2.24, 2.45) is 0 Å². The number of benzene rings is 2. The Morgan fingerprint density at radius 2 is 1.81 bits per heavy atom. The van der Waals surface area contributed by atoms with E-state index in [0.29, 0.717) is 11.6 Å². The third kappa shape index (κ3) is 4.07. The summed E-state index contributed by atoms with van der Waals surface area (Å²) in [6, 6.07) is 12.7. The maximum atomic E-state index is 11.3. The summed E-state index contributed by atoms with van der Waals surface area (Å²) in [6.45, 7) is 0. The SMILES string of the molecule is CN(C)c1ncc(-c2cccc(Nc3ccc(I)cc3[N+](=O)[O-])c2)cn1. The van der Waals surface area contributed by atoms with Gasteiger partial charge in [-0.05, 0) is 52.4 Å². The summed E-state index contributed by atoms with van der Waals surface area (Å²) in [5, 5.41) is 14.4. The van der Waals surface area contributed by atoms with E-state index >= 15 is 0 Å². The molecular formula is C18H16IN5O2. The Balaban J connectivity index is 1.90. The molecule has 8 heteroatoms. The predicted molar refractivity (Wildman–Crippen MR) is 111 cm³/mol. The van der Waals surface area contributed by atoms with Crippen LogP contribution >= 0.6 is 22.6 Å². The number of nitro groups is 1. The van der Waals surface area contributed by atoms with Crippen LogP contribution in [0.15, 0.2) is 54.9 Å². The zero-order valence-corrected chi connectivity index (χ0v) is 16.3. The molecule has 0 spiro atoms. The summed E-state index contributed by atoms with van der Waals surface area (Å²) >= 11 is 2.06. The van der Waals surface area contributed by atoms with Crippen molar-refractivity contribution >= 4 is 45.6 Å². The first-order valence-electron chi connectivity index (χ1n) is 7.75. The summed E-state index contributed by atoms with van der Waals surface area (Å²) < 4.78 is 0.812. The third-order valence-corrected chi connectivity index (χ3v) is 4.34. The first kappa shape index (κ1) is 18.1. The summed E-state index contributed by atoms with van der Waals surface area (Å²) in [7, 11) is 3.76. The van der Waals surface area contributed by atoms with Crippen molar-refractivity contribution in [1.29, 1.82) is 0 Å². The molecule has 26 heavy (non-hydrogen) atoms. The van der Waals surface area contributed by atoms with Crippen LogP contribution in [0, 0.1) is 13.7 Å². The van der Waals surface area contributed by atoms with Crippen molar-refractivity contribution in [3.8, 4) is 11.1 Å². The van der Waals surface area contributed by atoms with Gasteiger partial charge in [0.15, 0.2) is 0 Å². The van der Waals surface area contributed by atoms with Crippen LogP contribution in [0.1, 0.15) is 0 Å².